The fourth-order valence-corrected chi connectivity index (χ4v) is 5.35. The highest BCUT2D eigenvalue weighted by Crippen LogP contribution is 2.42. The van der Waals surface area contributed by atoms with Crippen LogP contribution < -0.4 is 4.74 Å². The summed E-state index contributed by atoms with van der Waals surface area (Å²) in [6.07, 6.45) is -0.666. The summed E-state index contributed by atoms with van der Waals surface area (Å²) in [5.74, 6) is -3.07. The summed E-state index contributed by atoms with van der Waals surface area (Å²) in [6, 6.07) is 11.5. The minimum atomic E-state index is -4.47. The van der Waals surface area contributed by atoms with E-state index in [1.54, 1.807) is 36.4 Å². The average Bonchev–Trinajstić information content (AvgIpc) is 3.32. The molecule has 0 spiro atoms. The molecule has 3 nitrogen and oxygen atoms in total. The molecule has 3 aromatic rings. The number of carbonyl (C=O) groups excluding carboxylic acids is 1. The SMILES string of the molecule is C=CC(=O)OCCCC(F)(F)CCCOc1ccc2cc(-c3ccc(CCCCC)cc3C(F)(F)F)sc2c1. The Labute approximate surface area is 229 Å². The minimum absolute atomic E-state index is 0.0441. The quantitative estimate of drug-likeness (QED) is 0.0793. The van der Waals surface area contributed by atoms with Crippen molar-refractivity contribution >= 4 is 27.4 Å². The zero-order chi connectivity index (χ0) is 28.5. The zero-order valence-corrected chi connectivity index (χ0v) is 22.7. The number of hydrogen-bond donors (Lipinski definition) is 0. The van der Waals surface area contributed by atoms with E-state index in [1.807, 2.05) is 0 Å². The molecular weight excluding hydrogens is 535 g/mol. The molecule has 0 bridgehead atoms. The van der Waals surface area contributed by atoms with Crippen LogP contribution in [0.25, 0.3) is 20.5 Å². The summed E-state index contributed by atoms with van der Waals surface area (Å²) in [5.41, 5.74) is 0.184. The summed E-state index contributed by atoms with van der Waals surface area (Å²) in [4.78, 5) is 11.5. The third kappa shape index (κ3) is 9.34. The van der Waals surface area contributed by atoms with Gasteiger partial charge in [0.05, 0.1) is 18.8 Å². The maximum absolute atomic E-state index is 14.1. The number of hydrogen-bond acceptors (Lipinski definition) is 4. The first kappa shape index (κ1) is 30.6. The molecular formula is C30H33F5O3S. The van der Waals surface area contributed by atoms with Crippen molar-refractivity contribution in [1.29, 1.82) is 0 Å². The van der Waals surface area contributed by atoms with Gasteiger partial charge < -0.3 is 9.47 Å². The van der Waals surface area contributed by atoms with Gasteiger partial charge in [0.25, 0.3) is 0 Å². The maximum atomic E-state index is 14.1. The van der Waals surface area contributed by atoms with Gasteiger partial charge >= 0.3 is 12.1 Å². The molecule has 0 saturated heterocycles. The van der Waals surface area contributed by atoms with Crippen LogP contribution in [0.2, 0.25) is 0 Å². The molecule has 0 aliphatic carbocycles. The first-order valence-electron chi connectivity index (χ1n) is 13.1. The molecule has 0 aliphatic rings. The third-order valence-electron chi connectivity index (χ3n) is 6.27. The van der Waals surface area contributed by atoms with Crippen LogP contribution in [0.4, 0.5) is 22.0 Å². The lowest BCUT2D eigenvalue weighted by Crippen LogP contribution is -2.18. The minimum Gasteiger partial charge on any atom is -0.494 e. The van der Waals surface area contributed by atoms with Crippen molar-refractivity contribution in [3.05, 3.63) is 66.2 Å². The summed E-state index contributed by atoms with van der Waals surface area (Å²) in [5, 5.41) is 0.784. The van der Waals surface area contributed by atoms with Gasteiger partial charge in [-0.3, -0.25) is 0 Å². The van der Waals surface area contributed by atoms with Crippen LogP contribution in [0, 0.1) is 0 Å². The highest BCUT2D eigenvalue weighted by Gasteiger charge is 2.34. The summed E-state index contributed by atoms with van der Waals surface area (Å²) < 4.78 is 81.0. The summed E-state index contributed by atoms with van der Waals surface area (Å²) in [7, 11) is 0. The number of halogens is 5. The number of aryl methyl sites for hydroxylation is 1. The van der Waals surface area contributed by atoms with Crippen LogP contribution in [-0.2, 0) is 22.1 Å². The second-order valence-corrected chi connectivity index (χ2v) is 10.5. The van der Waals surface area contributed by atoms with E-state index >= 15 is 0 Å². The molecule has 0 saturated carbocycles. The van der Waals surface area contributed by atoms with Gasteiger partial charge in [-0.25, -0.2) is 13.6 Å². The Morgan fingerprint density at radius 3 is 2.38 bits per heavy atom. The number of ether oxygens (including phenoxy) is 2. The van der Waals surface area contributed by atoms with Crippen LogP contribution >= 0.6 is 11.3 Å². The van der Waals surface area contributed by atoms with Crippen molar-refractivity contribution < 1.29 is 36.2 Å². The molecule has 39 heavy (non-hydrogen) atoms. The van der Waals surface area contributed by atoms with Crippen molar-refractivity contribution in [3.8, 4) is 16.2 Å². The predicted octanol–water partition coefficient (Wildman–Crippen LogP) is 9.62. The summed E-state index contributed by atoms with van der Waals surface area (Å²) in [6.45, 7) is 5.28. The van der Waals surface area contributed by atoms with Crippen molar-refractivity contribution in [2.45, 2.75) is 70.4 Å². The number of rotatable bonds is 15. The number of esters is 1. The highest BCUT2D eigenvalue weighted by molar-refractivity contribution is 7.22. The number of unbranched alkanes of at least 4 members (excludes halogenated alkanes) is 2. The molecule has 0 unspecified atom stereocenters. The largest absolute Gasteiger partial charge is 0.494 e. The van der Waals surface area contributed by atoms with Gasteiger partial charge in [-0.1, -0.05) is 38.5 Å². The average molecular weight is 569 g/mol. The van der Waals surface area contributed by atoms with Gasteiger partial charge in [-0.15, -0.1) is 11.3 Å². The van der Waals surface area contributed by atoms with Crippen molar-refractivity contribution in [3.63, 3.8) is 0 Å². The van der Waals surface area contributed by atoms with E-state index < -0.39 is 30.1 Å². The molecule has 0 atom stereocenters. The number of thiophene rings is 1. The van der Waals surface area contributed by atoms with Crippen molar-refractivity contribution in [2.75, 3.05) is 13.2 Å². The van der Waals surface area contributed by atoms with E-state index in [4.69, 9.17) is 9.47 Å². The monoisotopic (exact) mass is 568 g/mol. The zero-order valence-electron chi connectivity index (χ0n) is 21.9. The van der Waals surface area contributed by atoms with E-state index in [2.05, 4.69) is 13.5 Å². The molecule has 0 radical (unpaired) electrons. The molecule has 2 aromatic carbocycles. The Bertz CT molecular complexity index is 1250. The van der Waals surface area contributed by atoms with E-state index in [1.165, 1.54) is 17.4 Å². The van der Waals surface area contributed by atoms with E-state index in [0.717, 1.165) is 35.4 Å². The lowest BCUT2D eigenvalue weighted by Gasteiger charge is -2.16. The molecule has 9 heteroatoms. The third-order valence-corrected chi connectivity index (χ3v) is 7.40. The predicted molar refractivity (Wildman–Crippen MR) is 146 cm³/mol. The Hall–Kier alpha value is -2.94. The molecule has 1 aromatic heterocycles. The Kier molecular flexibility index (Phi) is 10.9. The van der Waals surface area contributed by atoms with Crippen LogP contribution in [0.1, 0.15) is 63.0 Å². The van der Waals surface area contributed by atoms with Gasteiger partial charge in [0.2, 0.25) is 5.92 Å². The lowest BCUT2D eigenvalue weighted by molar-refractivity contribution is -0.138. The van der Waals surface area contributed by atoms with Crippen molar-refractivity contribution in [1.82, 2.24) is 0 Å². The molecule has 0 aliphatic heterocycles. The van der Waals surface area contributed by atoms with Crippen LogP contribution in [0.5, 0.6) is 5.75 Å². The van der Waals surface area contributed by atoms with Gasteiger partial charge in [0.1, 0.15) is 5.75 Å². The van der Waals surface area contributed by atoms with Gasteiger partial charge in [0.15, 0.2) is 0 Å². The second kappa shape index (κ2) is 13.9. The van der Waals surface area contributed by atoms with E-state index in [-0.39, 0.29) is 38.0 Å². The molecule has 1 heterocycles. The highest BCUT2D eigenvalue weighted by atomic mass is 32.1. The number of alkyl halides is 5. The number of benzene rings is 2. The van der Waals surface area contributed by atoms with Crippen LogP contribution in [0.3, 0.4) is 0 Å². The second-order valence-electron chi connectivity index (χ2n) is 9.43. The standard InChI is InChI=1S/C30H33F5O3S/c1-3-5-6-9-21-10-13-24(25(18-21)30(33,34)35)27-19-22-11-12-23(20-26(22)39-27)37-16-7-14-29(31,32)15-8-17-38-28(36)4-2/h4,10-13,18-20H,2-3,5-9,14-17H2,1H3. The van der Waals surface area contributed by atoms with Crippen LogP contribution in [-0.4, -0.2) is 25.1 Å². The molecule has 212 valence electrons. The smallest absolute Gasteiger partial charge is 0.417 e. The first-order chi connectivity index (χ1) is 18.5. The molecule has 3 rings (SSSR count). The topological polar surface area (TPSA) is 35.5 Å². The normalized spacial score (nSPS) is 12.1. The Morgan fingerprint density at radius 1 is 0.949 bits per heavy atom. The first-order valence-corrected chi connectivity index (χ1v) is 13.9. The Morgan fingerprint density at radius 2 is 1.69 bits per heavy atom. The van der Waals surface area contributed by atoms with Gasteiger partial charge in [-0.05, 0) is 67.0 Å². The van der Waals surface area contributed by atoms with Gasteiger partial charge in [-0.2, -0.15) is 13.2 Å². The van der Waals surface area contributed by atoms with E-state index in [0.29, 0.717) is 22.6 Å². The van der Waals surface area contributed by atoms with E-state index in [9.17, 15) is 26.7 Å². The number of fused-ring (bicyclic) bond motifs is 1. The summed E-state index contributed by atoms with van der Waals surface area (Å²) >= 11 is 1.24. The molecule has 0 N–H and O–H groups in total. The Balaban J connectivity index is 1.61. The number of carbonyl (C=O) groups is 1. The molecule has 0 fully saturated rings. The van der Waals surface area contributed by atoms with Crippen LogP contribution in [0.15, 0.2) is 55.1 Å². The van der Waals surface area contributed by atoms with Crippen molar-refractivity contribution in [2.24, 2.45) is 0 Å². The fourth-order valence-electron chi connectivity index (χ4n) is 4.22. The van der Waals surface area contributed by atoms with Gasteiger partial charge in [0, 0.05) is 34.1 Å². The maximum Gasteiger partial charge on any atom is 0.417 e. The fraction of sp³-hybridized carbons (Fsp3) is 0.433. The lowest BCUT2D eigenvalue weighted by atomic mass is 9.98. The molecule has 0 amide bonds.